The van der Waals surface area contributed by atoms with E-state index in [9.17, 15) is 13.2 Å². The number of aryl methyl sites for hydroxylation is 1. The number of hydrogen-bond acceptors (Lipinski definition) is 4. The molecule has 7 heteroatoms. The first kappa shape index (κ1) is 18.9. The minimum absolute atomic E-state index is 0.00587. The Kier molecular flexibility index (Phi) is 6.01. The summed E-state index contributed by atoms with van der Waals surface area (Å²) in [6, 6.07) is 14.7. The topological polar surface area (TPSA) is 75.3 Å². The van der Waals surface area contributed by atoms with Crippen LogP contribution in [0.2, 0.25) is 0 Å². The zero-order valence-electron chi connectivity index (χ0n) is 14.6. The molecule has 0 aromatic heterocycles. The fourth-order valence-electron chi connectivity index (χ4n) is 2.86. The standard InChI is InChI=1S/C19H22N2O3S2/c1-14-6-8-15(9-7-14)26(23,24)20-12-10-19(22)21-17-11-13-25-18-5-3-2-4-16(17)18/h2-9,17,20H,10-13H2,1H3,(H,21,22)/t17-/m1/s1. The number of carbonyl (C=O) groups excluding carboxylic acids is 1. The van der Waals surface area contributed by atoms with E-state index in [-0.39, 0.29) is 29.8 Å². The normalized spacial score (nSPS) is 16.7. The lowest BCUT2D eigenvalue weighted by Crippen LogP contribution is -2.34. The van der Waals surface area contributed by atoms with Crippen LogP contribution in [-0.4, -0.2) is 26.6 Å². The molecule has 1 amide bonds. The molecule has 0 spiro atoms. The summed E-state index contributed by atoms with van der Waals surface area (Å²) in [4.78, 5) is 13.6. The Hall–Kier alpha value is -1.83. The molecule has 0 aliphatic carbocycles. The molecule has 0 unspecified atom stereocenters. The van der Waals surface area contributed by atoms with Crippen LogP contribution in [0, 0.1) is 6.92 Å². The van der Waals surface area contributed by atoms with Gasteiger partial charge in [0.25, 0.3) is 0 Å². The molecule has 0 saturated heterocycles. The first-order valence-electron chi connectivity index (χ1n) is 8.53. The van der Waals surface area contributed by atoms with Gasteiger partial charge in [-0.05, 0) is 37.1 Å². The predicted molar refractivity (Wildman–Crippen MR) is 104 cm³/mol. The van der Waals surface area contributed by atoms with Gasteiger partial charge >= 0.3 is 0 Å². The second kappa shape index (κ2) is 8.24. The molecule has 1 aliphatic heterocycles. The van der Waals surface area contributed by atoms with Crippen molar-refractivity contribution in [2.45, 2.75) is 35.6 Å². The van der Waals surface area contributed by atoms with Crippen LogP contribution in [0.25, 0.3) is 0 Å². The van der Waals surface area contributed by atoms with Crippen LogP contribution >= 0.6 is 11.8 Å². The highest BCUT2D eigenvalue weighted by Gasteiger charge is 2.22. The van der Waals surface area contributed by atoms with E-state index in [1.807, 2.05) is 25.1 Å². The summed E-state index contributed by atoms with van der Waals surface area (Å²) in [5.74, 6) is 0.811. The van der Waals surface area contributed by atoms with E-state index in [1.54, 1.807) is 36.0 Å². The van der Waals surface area contributed by atoms with Gasteiger partial charge in [0.05, 0.1) is 10.9 Å². The highest BCUT2D eigenvalue weighted by Crippen LogP contribution is 2.35. The molecule has 2 aromatic rings. The first-order valence-corrected chi connectivity index (χ1v) is 11.0. The third-order valence-electron chi connectivity index (χ3n) is 4.27. The Bertz CT molecular complexity index is 880. The molecule has 1 aliphatic rings. The van der Waals surface area contributed by atoms with Gasteiger partial charge in [0.15, 0.2) is 0 Å². The third-order valence-corrected chi connectivity index (χ3v) is 6.87. The number of thioether (sulfide) groups is 1. The Morgan fingerprint density at radius 2 is 1.88 bits per heavy atom. The summed E-state index contributed by atoms with van der Waals surface area (Å²) < 4.78 is 27.0. The molecule has 0 fully saturated rings. The van der Waals surface area contributed by atoms with Crippen molar-refractivity contribution in [3.63, 3.8) is 0 Å². The van der Waals surface area contributed by atoms with Crippen molar-refractivity contribution in [3.8, 4) is 0 Å². The van der Waals surface area contributed by atoms with E-state index in [0.29, 0.717) is 0 Å². The van der Waals surface area contributed by atoms with E-state index in [2.05, 4.69) is 16.1 Å². The van der Waals surface area contributed by atoms with Crippen molar-refractivity contribution < 1.29 is 13.2 Å². The number of carbonyl (C=O) groups is 1. The first-order chi connectivity index (χ1) is 12.5. The van der Waals surface area contributed by atoms with Crippen LogP contribution in [0.5, 0.6) is 0 Å². The maximum Gasteiger partial charge on any atom is 0.240 e. The van der Waals surface area contributed by atoms with Crippen molar-refractivity contribution in [2.24, 2.45) is 0 Å². The van der Waals surface area contributed by atoms with E-state index >= 15 is 0 Å². The molecular formula is C19H22N2O3S2. The maximum atomic E-state index is 12.2. The maximum absolute atomic E-state index is 12.2. The van der Waals surface area contributed by atoms with Gasteiger partial charge in [0.2, 0.25) is 15.9 Å². The minimum Gasteiger partial charge on any atom is -0.349 e. The van der Waals surface area contributed by atoms with Gasteiger partial charge in [-0.3, -0.25) is 4.79 Å². The molecule has 0 saturated carbocycles. The minimum atomic E-state index is -3.59. The van der Waals surface area contributed by atoms with E-state index in [4.69, 9.17) is 0 Å². The Morgan fingerprint density at radius 3 is 2.65 bits per heavy atom. The summed E-state index contributed by atoms with van der Waals surface area (Å²) in [5, 5.41) is 3.02. The molecule has 5 nitrogen and oxygen atoms in total. The lowest BCUT2D eigenvalue weighted by Gasteiger charge is -2.25. The van der Waals surface area contributed by atoms with E-state index in [0.717, 1.165) is 23.3 Å². The highest BCUT2D eigenvalue weighted by atomic mass is 32.2. The fraction of sp³-hybridized carbons (Fsp3) is 0.316. The number of hydrogen-bond donors (Lipinski definition) is 2. The number of sulfonamides is 1. The van der Waals surface area contributed by atoms with Crippen molar-refractivity contribution in [1.29, 1.82) is 0 Å². The summed E-state index contributed by atoms with van der Waals surface area (Å²) in [7, 11) is -3.59. The molecule has 2 aromatic carbocycles. The SMILES string of the molecule is Cc1ccc(S(=O)(=O)NCCC(=O)N[C@@H]2CCSc3ccccc32)cc1. The Labute approximate surface area is 158 Å². The number of rotatable bonds is 6. The highest BCUT2D eigenvalue weighted by molar-refractivity contribution is 7.99. The molecule has 0 radical (unpaired) electrons. The number of nitrogens with one attached hydrogen (secondary N) is 2. The molecule has 2 N–H and O–H groups in total. The lowest BCUT2D eigenvalue weighted by atomic mass is 10.0. The van der Waals surface area contributed by atoms with Crippen LogP contribution in [0.15, 0.2) is 58.3 Å². The smallest absolute Gasteiger partial charge is 0.240 e. The van der Waals surface area contributed by atoms with Gasteiger partial charge < -0.3 is 5.32 Å². The van der Waals surface area contributed by atoms with Crippen LogP contribution in [-0.2, 0) is 14.8 Å². The monoisotopic (exact) mass is 390 g/mol. The van der Waals surface area contributed by atoms with Crippen molar-refractivity contribution in [1.82, 2.24) is 10.0 Å². The predicted octanol–water partition coefficient (Wildman–Crippen LogP) is 3.02. The Balaban J connectivity index is 1.53. The van der Waals surface area contributed by atoms with Gasteiger partial charge in [-0.15, -0.1) is 11.8 Å². The summed E-state index contributed by atoms with van der Waals surface area (Å²) in [5.41, 5.74) is 2.13. The number of amides is 1. The zero-order chi connectivity index (χ0) is 18.6. The van der Waals surface area contributed by atoms with Crippen molar-refractivity contribution in [3.05, 3.63) is 59.7 Å². The molecule has 3 rings (SSSR count). The molecule has 1 heterocycles. The van der Waals surface area contributed by atoms with Gasteiger partial charge in [-0.1, -0.05) is 35.9 Å². The lowest BCUT2D eigenvalue weighted by molar-refractivity contribution is -0.121. The quantitative estimate of drug-likeness (QED) is 0.795. The summed E-state index contributed by atoms with van der Waals surface area (Å²) in [6.07, 6.45) is 0.986. The van der Waals surface area contributed by atoms with Crippen molar-refractivity contribution in [2.75, 3.05) is 12.3 Å². The molecule has 138 valence electrons. The average molecular weight is 391 g/mol. The van der Waals surface area contributed by atoms with Crippen molar-refractivity contribution >= 4 is 27.7 Å². The Morgan fingerprint density at radius 1 is 1.15 bits per heavy atom. The molecule has 0 bridgehead atoms. The fourth-order valence-corrected chi connectivity index (χ4v) is 5.02. The van der Waals surface area contributed by atoms with Gasteiger partial charge in [-0.25, -0.2) is 13.1 Å². The zero-order valence-corrected chi connectivity index (χ0v) is 16.2. The number of fused-ring (bicyclic) bond motifs is 1. The van der Waals surface area contributed by atoms with E-state index < -0.39 is 10.0 Å². The van der Waals surface area contributed by atoms with Crippen LogP contribution in [0.1, 0.15) is 30.0 Å². The molecular weight excluding hydrogens is 368 g/mol. The van der Waals surface area contributed by atoms with Crippen LogP contribution < -0.4 is 10.0 Å². The summed E-state index contributed by atoms with van der Waals surface area (Å²) >= 11 is 1.80. The van der Waals surface area contributed by atoms with Gasteiger partial charge in [-0.2, -0.15) is 0 Å². The second-order valence-electron chi connectivity index (χ2n) is 6.26. The van der Waals surface area contributed by atoms with E-state index in [1.165, 1.54) is 4.90 Å². The summed E-state index contributed by atoms with van der Waals surface area (Å²) in [6.45, 7) is 1.97. The second-order valence-corrected chi connectivity index (χ2v) is 9.16. The van der Waals surface area contributed by atoms with Crippen LogP contribution in [0.4, 0.5) is 0 Å². The largest absolute Gasteiger partial charge is 0.349 e. The van der Waals surface area contributed by atoms with Gasteiger partial charge in [0, 0.05) is 23.6 Å². The average Bonchev–Trinajstić information content (AvgIpc) is 2.62. The third kappa shape index (κ3) is 4.66. The van der Waals surface area contributed by atoms with Gasteiger partial charge in [0.1, 0.15) is 0 Å². The molecule has 26 heavy (non-hydrogen) atoms. The molecule has 1 atom stereocenters. The number of benzene rings is 2. The van der Waals surface area contributed by atoms with Crippen LogP contribution in [0.3, 0.4) is 0 Å².